The van der Waals surface area contributed by atoms with E-state index in [1.165, 1.54) is 0 Å². The topological polar surface area (TPSA) is 50.8 Å². The minimum Gasteiger partial charge on any atom is -0.444 e. The summed E-state index contributed by atoms with van der Waals surface area (Å²) in [6.45, 7) is 18.9. The molecule has 7 heteroatoms. The van der Waals surface area contributed by atoms with E-state index >= 15 is 0 Å². The third-order valence-corrected chi connectivity index (χ3v) is 9.54. The zero-order chi connectivity index (χ0) is 19.5. The van der Waals surface area contributed by atoms with E-state index in [0.29, 0.717) is 19.6 Å². The number of hydrogen-bond acceptors (Lipinski definition) is 4. The predicted octanol–water partition coefficient (Wildman–Crippen LogP) is 3.95. The van der Waals surface area contributed by atoms with E-state index in [1.54, 1.807) is 20.8 Å². The number of rotatable bonds is 5. The molecule has 0 spiro atoms. The summed E-state index contributed by atoms with van der Waals surface area (Å²) in [6, 6.07) is -0.479. The average Bonchev–Trinajstić information content (AvgIpc) is 2.38. The van der Waals surface area contributed by atoms with Crippen LogP contribution < -0.4 is 5.32 Å². The number of ether oxygens (including phenoxy) is 1. The second-order valence-electron chi connectivity index (χ2n) is 9.47. The van der Waals surface area contributed by atoms with Crippen molar-refractivity contribution < 1.29 is 18.3 Å². The van der Waals surface area contributed by atoms with Gasteiger partial charge in [0.05, 0.1) is 6.04 Å². The molecule has 1 amide bonds. The standard InChI is InChI=1S/C18H37FN2O3Si/c1-17(2,3)24-16(22)20-15-9-10-21(13-14(15)19)11-12-23-25(7,8)18(4,5)6/h14-15H,9-13H2,1-8H3,(H,20,22). The molecule has 1 fully saturated rings. The Morgan fingerprint density at radius 1 is 1.24 bits per heavy atom. The Morgan fingerprint density at radius 2 is 1.84 bits per heavy atom. The maximum atomic E-state index is 14.4. The molecule has 1 N–H and O–H groups in total. The molecule has 0 aromatic carbocycles. The number of alkyl halides is 1. The van der Waals surface area contributed by atoms with Crippen LogP contribution in [-0.2, 0) is 9.16 Å². The maximum Gasteiger partial charge on any atom is 0.407 e. The number of hydrogen-bond donors (Lipinski definition) is 1. The largest absolute Gasteiger partial charge is 0.444 e. The van der Waals surface area contributed by atoms with Crippen molar-refractivity contribution in [2.45, 2.75) is 83.9 Å². The highest BCUT2D eigenvalue weighted by atomic mass is 28.4. The summed E-state index contributed by atoms with van der Waals surface area (Å²) in [4.78, 5) is 13.9. The SMILES string of the molecule is CC(C)(C)OC(=O)NC1CCN(CCO[Si](C)(C)C(C)(C)C)CC1F. The molecule has 0 aromatic heterocycles. The molecular weight excluding hydrogens is 339 g/mol. The fraction of sp³-hybridized carbons (Fsp3) is 0.944. The second-order valence-corrected chi connectivity index (χ2v) is 14.3. The van der Waals surface area contributed by atoms with Crippen molar-refractivity contribution in [1.82, 2.24) is 10.2 Å². The van der Waals surface area contributed by atoms with Crippen molar-refractivity contribution in [2.24, 2.45) is 0 Å². The fourth-order valence-corrected chi connectivity index (χ4v) is 3.47. The van der Waals surface area contributed by atoms with Gasteiger partial charge in [0.1, 0.15) is 11.8 Å². The maximum absolute atomic E-state index is 14.4. The summed E-state index contributed by atoms with van der Waals surface area (Å²) in [7, 11) is -1.76. The van der Waals surface area contributed by atoms with Gasteiger partial charge in [-0.2, -0.15) is 0 Å². The fourth-order valence-electron chi connectivity index (χ4n) is 2.44. The number of alkyl carbamates (subject to hydrolysis) is 1. The van der Waals surface area contributed by atoms with Crippen molar-refractivity contribution in [3.05, 3.63) is 0 Å². The summed E-state index contributed by atoms with van der Waals surface area (Å²) in [6.07, 6.45) is -1.05. The van der Waals surface area contributed by atoms with Gasteiger partial charge in [-0.3, -0.25) is 4.90 Å². The van der Waals surface area contributed by atoms with Crippen molar-refractivity contribution in [3.63, 3.8) is 0 Å². The van der Waals surface area contributed by atoms with E-state index in [4.69, 9.17) is 9.16 Å². The number of carbonyl (C=O) groups is 1. The smallest absolute Gasteiger partial charge is 0.407 e. The molecule has 0 aliphatic carbocycles. The van der Waals surface area contributed by atoms with Crippen LogP contribution in [0.15, 0.2) is 0 Å². The van der Waals surface area contributed by atoms with E-state index in [9.17, 15) is 9.18 Å². The van der Waals surface area contributed by atoms with Crippen molar-refractivity contribution in [2.75, 3.05) is 26.2 Å². The van der Waals surface area contributed by atoms with Crippen molar-refractivity contribution in [1.29, 1.82) is 0 Å². The van der Waals surface area contributed by atoms with Crippen LogP contribution in [-0.4, -0.2) is 63.4 Å². The van der Waals surface area contributed by atoms with E-state index in [1.807, 2.05) is 0 Å². The summed E-state index contributed by atoms with van der Waals surface area (Å²) >= 11 is 0. The first-order chi connectivity index (χ1) is 11.2. The minimum absolute atomic E-state index is 0.181. The zero-order valence-corrected chi connectivity index (χ0v) is 18.2. The lowest BCUT2D eigenvalue weighted by atomic mass is 10.0. The summed E-state index contributed by atoms with van der Waals surface area (Å²) in [5, 5.41) is 2.84. The number of likely N-dealkylation sites (tertiary alicyclic amines) is 1. The Morgan fingerprint density at radius 3 is 2.32 bits per heavy atom. The number of nitrogens with zero attached hydrogens (tertiary/aromatic N) is 1. The summed E-state index contributed by atoms with van der Waals surface area (Å²) in [5.74, 6) is 0. The molecule has 2 atom stereocenters. The number of piperidine rings is 1. The molecular formula is C18H37FN2O3Si. The molecule has 25 heavy (non-hydrogen) atoms. The zero-order valence-electron chi connectivity index (χ0n) is 17.2. The highest BCUT2D eigenvalue weighted by Gasteiger charge is 2.37. The van der Waals surface area contributed by atoms with E-state index in [0.717, 1.165) is 13.1 Å². The molecule has 0 radical (unpaired) electrons. The first-order valence-corrected chi connectivity index (χ1v) is 12.1. The molecule has 5 nitrogen and oxygen atoms in total. The van der Waals surface area contributed by atoms with Crippen LogP contribution in [0.3, 0.4) is 0 Å². The minimum atomic E-state index is -1.76. The Labute approximate surface area is 153 Å². The van der Waals surface area contributed by atoms with Gasteiger partial charge in [0.25, 0.3) is 0 Å². The van der Waals surface area contributed by atoms with E-state index in [2.05, 4.69) is 44.1 Å². The lowest BCUT2D eigenvalue weighted by Crippen LogP contribution is -2.54. The molecule has 1 heterocycles. The number of nitrogens with one attached hydrogen (secondary N) is 1. The molecule has 1 rings (SSSR count). The molecule has 0 aromatic rings. The molecule has 1 aliphatic rings. The van der Waals surface area contributed by atoms with Crippen LogP contribution in [0.5, 0.6) is 0 Å². The first-order valence-electron chi connectivity index (χ1n) is 9.21. The van der Waals surface area contributed by atoms with Gasteiger partial charge >= 0.3 is 6.09 Å². The van der Waals surface area contributed by atoms with Gasteiger partial charge in [-0.1, -0.05) is 20.8 Å². The third kappa shape index (κ3) is 7.62. The van der Waals surface area contributed by atoms with Crippen LogP contribution >= 0.6 is 0 Å². The molecule has 148 valence electrons. The third-order valence-electron chi connectivity index (χ3n) is 5.00. The van der Waals surface area contributed by atoms with Crippen molar-refractivity contribution in [3.8, 4) is 0 Å². The van der Waals surface area contributed by atoms with Gasteiger partial charge in [-0.15, -0.1) is 0 Å². The van der Waals surface area contributed by atoms with Crippen LogP contribution in [0.2, 0.25) is 18.1 Å². The Kier molecular flexibility index (Phi) is 7.48. The van der Waals surface area contributed by atoms with Crippen molar-refractivity contribution >= 4 is 14.4 Å². The van der Waals surface area contributed by atoms with E-state index in [-0.39, 0.29) is 5.04 Å². The number of halogens is 1. The average molecular weight is 377 g/mol. The number of carbonyl (C=O) groups excluding carboxylic acids is 1. The van der Waals surface area contributed by atoms with E-state index < -0.39 is 32.2 Å². The molecule has 2 unspecified atom stereocenters. The number of amides is 1. The van der Waals surface area contributed by atoms with Gasteiger partial charge in [0.2, 0.25) is 0 Å². The molecule has 1 saturated heterocycles. The first kappa shape index (κ1) is 22.4. The Hall–Kier alpha value is -0.663. The highest BCUT2D eigenvalue weighted by molar-refractivity contribution is 6.74. The lowest BCUT2D eigenvalue weighted by molar-refractivity contribution is 0.0384. The Balaban J connectivity index is 2.37. The van der Waals surface area contributed by atoms with Crippen LogP contribution in [0, 0.1) is 0 Å². The molecule has 0 bridgehead atoms. The van der Waals surface area contributed by atoms with Gasteiger partial charge in [-0.25, -0.2) is 9.18 Å². The van der Waals surface area contributed by atoms with Gasteiger partial charge in [-0.05, 0) is 45.3 Å². The van der Waals surface area contributed by atoms with Gasteiger partial charge in [0.15, 0.2) is 8.32 Å². The summed E-state index contributed by atoms with van der Waals surface area (Å²) in [5.41, 5.74) is -0.572. The van der Waals surface area contributed by atoms with Crippen LogP contribution in [0.25, 0.3) is 0 Å². The highest BCUT2D eigenvalue weighted by Crippen LogP contribution is 2.36. The van der Waals surface area contributed by atoms with Gasteiger partial charge < -0.3 is 14.5 Å². The quantitative estimate of drug-likeness (QED) is 0.738. The van der Waals surface area contributed by atoms with Gasteiger partial charge in [0, 0.05) is 26.2 Å². The predicted molar refractivity (Wildman–Crippen MR) is 102 cm³/mol. The monoisotopic (exact) mass is 376 g/mol. The molecule has 1 aliphatic heterocycles. The van der Waals surface area contributed by atoms with Crippen LogP contribution in [0.4, 0.5) is 9.18 Å². The summed E-state index contributed by atoms with van der Waals surface area (Å²) < 4.78 is 25.8. The Bertz CT molecular complexity index is 447. The normalized spacial score (nSPS) is 23.4. The lowest BCUT2D eigenvalue weighted by Gasteiger charge is -2.38. The second kappa shape index (κ2) is 8.35. The molecule has 0 saturated carbocycles. The van der Waals surface area contributed by atoms with Crippen LogP contribution in [0.1, 0.15) is 48.0 Å².